The highest BCUT2D eigenvalue weighted by atomic mass is 35.5. The van der Waals surface area contributed by atoms with Gasteiger partial charge in [-0.2, -0.15) is 0 Å². The lowest BCUT2D eigenvalue weighted by atomic mass is 10.0. The lowest BCUT2D eigenvalue weighted by Crippen LogP contribution is -2.23. The van der Waals surface area contributed by atoms with Gasteiger partial charge < -0.3 is 16.8 Å². The van der Waals surface area contributed by atoms with Crippen molar-refractivity contribution < 1.29 is 9.59 Å². The molecule has 1 aromatic carbocycles. The molecular weight excluding hydrogens is 316 g/mol. The molecule has 1 heterocycles. The molecule has 0 atom stereocenters. The Labute approximate surface area is 138 Å². The predicted octanol–water partition coefficient (Wildman–Crippen LogP) is 1.67. The van der Waals surface area contributed by atoms with E-state index >= 15 is 0 Å². The zero-order valence-electron chi connectivity index (χ0n) is 12.4. The van der Waals surface area contributed by atoms with E-state index in [1.807, 2.05) is 0 Å². The minimum absolute atomic E-state index is 0.141. The number of nitrogens with one attached hydrogen (secondary N) is 1. The van der Waals surface area contributed by atoms with Gasteiger partial charge in [0.15, 0.2) is 0 Å². The van der Waals surface area contributed by atoms with Crippen molar-refractivity contribution in [3.8, 4) is 0 Å². The maximum absolute atomic E-state index is 11.9. The minimum Gasteiger partial charge on any atom is -0.384 e. The summed E-state index contributed by atoms with van der Waals surface area (Å²) < 4.78 is 0. The fraction of sp³-hybridized carbons (Fsp3) is 0.188. The van der Waals surface area contributed by atoms with Crippen LogP contribution in [0.1, 0.15) is 27.9 Å². The summed E-state index contributed by atoms with van der Waals surface area (Å²) >= 11 is 5.98. The Morgan fingerprint density at radius 3 is 2.65 bits per heavy atom. The molecule has 120 valence electrons. The predicted molar refractivity (Wildman–Crippen MR) is 88.8 cm³/mol. The van der Waals surface area contributed by atoms with Crippen LogP contribution in [0.15, 0.2) is 36.5 Å². The molecule has 5 N–H and O–H groups in total. The lowest BCUT2D eigenvalue weighted by Gasteiger charge is -2.09. The average Bonchev–Trinajstić information content (AvgIpc) is 2.52. The van der Waals surface area contributed by atoms with Crippen molar-refractivity contribution in [1.82, 2.24) is 10.3 Å². The topological polar surface area (TPSA) is 111 Å². The molecule has 0 bridgehead atoms. The lowest BCUT2D eigenvalue weighted by molar-refractivity contribution is -0.121. The Morgan fingerprint density at radius 2 is 2.00 bits per heavy atom. The number of primary amides is 1. The fourth-order valence-electron chi connectivity index (χ4n) is 2.13. The number of aryl methyl sites for hydroxylation is 1. The van der Waals surface area contributed by atoms with Crippen LogP contribution < -0.4 is 16.8 Å². The molecule has 0 spiro atoms. The normalized spacial score (nSPS) is 10.3. The number of nitrogens with zero attached hydrogens (tertiary/aromatic N) is 1. The zero-order chi connectivity index (χ0) is 16.8. The number of carbonyl (C=O) groups is 2. The number of hydrogen-bond donors (Lipinski definition) is 3. The molecule has 0 aliphatic rings. The van der Waals surface area contributed by atoms with Crippen LogP contribution >= 0.6 is 11.6 Å². The van der Waals surface area contributed by atoms with Crippen LogP contribution in [0.5, 0.6) is 0 Å². The van der Waals surface area contributed by atoms with Gasteiger partial charge in [0.1, 0.15) is 5.82 Å². The molecule has 2 amide bonds. The van der Waals surface area contributed by atoms with E-state index in [4.69, 9.17) is 23.1 Å². The van der Waals surface area contributed by atoms with Crippen LogP contribution in [-0.4, -0.2) is 16.8 Å². The summed E-state index contributed by atoms with van der Waals surface area (Å²) in [7, 11) is 0. The van der Waals surface area contributed by atoms with E-state index in [1.165, 1.54) is 0 Å². The monoisotopic (exact) mass is 332 g/mol. The number of hydrogen-bond acceptors (Lipinski definition) is 4. The third kappa shape index (κ3) is 4.69. The molecule has 6 nitrogen and oxygen atoms in total. The fourth-order valence-corrected chi connectivity index (χ4v) is 2.42. The molecule has 0 aliphatic heterocycles. The molecule has 2 aromatic rings. The van der Waals surface area contributed by atoms with Crippen molar-refractivity contribution in [3.05, 3.63) is 58.2 Å². The van der Waals surface area contributed by atoms with E-state index < -0.39 is 5.91 Å². The van der Waals surface area contributed by atoms with Crippen LogP contribution in [0.25, 0.3) is 0 Å². The molecule has 0 saturated heterocycles. The largest absolute Gasteiger partial charge is 0.384 e. The summed E-state index contributed by atoms with van der Waals surface area (Å²) in [6.45, 7) is 0.365. The Hall–Kier alpha value is -2.60. The van der Waals surface area contributed by atoms with Crippen molar-refractivity contribution in [2.75, 3.05) is 5.73 Å². The van der Waals surface area contributed by atoms with E-state index in [0.29, 0.717) is 29.4 Å². The first-order valence-electron chi connectivity index (χ1n) is 7.01. The molecule has 0 unspecified atom stereocenters. The number of rotatable bonds is 6. The van der Waals surface area contributed by atoms with Crippen LogP contribution in [0.2, 0.25) is 5.02 Å². The van der Waals surface area contributed by atoms with Crippen LogP contribution in [-0.2, 0) is 17.8 Å². The highest BCUT2D eigenvalue weighted by Crippen LogP contribution is 2.20. The second kappa shape index (κ2) is 7.60. The number of aromatic nitrogens is 1. The summed E-state index contributed by atoms with van der Waals surface area (Å²) in [6, 6.07) is 8.53. The Bertz CT molecular complexity index is 717. The van der Waals surface area contributed by atoms with Crippen molar-refractivity contribution >= 4 is 29.2 Å². The zero-order valence-corrected chi connectivity index (χ0v) is 13.1. The van der Waals surface area contributed by atoms with E-state index in [-0.39, 0.29) is 17.9 Å². The molecule has 1 aromatic heterocycles. The van der Waals surface area contributed by atoms with Crippen LogP contribution in [0.4, 0.5) is 5.82 Å². The summed E-state index contributed by atoms with van der Waals surface area (Å²) in [5.41, 5.74) is 12.6. The number of halogens is 1. The van der Waals surface area contributed by atoms with Crippen LogP contribution in [0.3, 0.4) is 0 Å². The number of nitrogen functional groups attached to an aromatic ring is 1. The SMILES string of the molecule is NC(=O)c1c(Cl)cccc1CCC(=O)NCc1ccc(N)nc1. The number of pyridine rings is 1. The highest BCUT2D eigenvalue weighted by Gasteiger charge is 2.13. The first-order valence-corrected chi connectivity index (χ1v) is 7.39. The van der Waals surface area contributed by atoms with Gasteiger partial charge in [-0.25, -0.2) is 4.98 Å². The Morgan fingerprint density at radius 1 is 1.22 bits per heavy atom. The molecule has 7 heteroatoms. The maximum atomic E-state index is 11.9. The summed E-state index contributed by atoms with van der Waals surface area (Å²) in [5.74, 6) is -0.309. The summed E-state index contributed by atoms with van der Waals surface area (Å²) in [6.07, 6.45) is 2.21. The van der Waals surface area contributed by atoms with Crippen molar-refractivity contribution in [2.24, 2.45) is 5.73 Å². The summed E-state index contributed by atoms with van der Waals surface area (Å²) in [5, 5.41) is 3.08. The maximum Gasteiger partial charge on any atom is 0.250 e. The van der Waals surface area contributed by atoms with E-state index in [0.717, 1.165) is 5.56 Å². The first kappa shape index (κ1) is 16.8. The van der Waals surface area contributed by atoms with Gasteiger partial charge in [0.2, 0.25) is 11.8 Å². The smallest absolute Gasteiger partial charge is 0.250 e. The summed E-state index contributed by atoms with van der Waals surface area (Å²) in [4.78, 5) is 27.3. The van der Waals surface area contributed by atoms with Gasteiger partial charge in [-0.1, -0.05) is 29.8 Å². The van der Waals surface area contributed by atoms with E-state index in [1.54, 1.807) is 36.5 Å². The van der Waals surface area contributed by atoms with Gasteiger partial charge in [-0.05, 0) is 29.7 Å². The number of carbonyl (C=O) groups excluding carboxylic acids is 2. The number of amides is 2. The molecule has 23 heavy (non-hydrogen) atoms. The second-order valence-electron chi connectivity index (χ2n) is 5.01. The quantitative estimate of drug-likeness (QED) is 0.747. The van der Waals surface area contributed by atoms with Gasteiger partial charge >= 0.3 is 0 Å². The molecule has 0 aliphatic carbocycles. The van der Waals surface area contributed by atoms with Gasteiger partial charge in [-0.3, -0.25) is 9.59 Å². The van der Waals surface area contributed by atoms with Crippen molar-refractivity contribution in [1.29, 1.82) is 0 Å². The van der Waals surface area contributed by atoms with E-state index in [2.05, 4.69) is 10.3 Å². The van der Waals surface area contributed by atoms with Gasteiger partial charge in [-0.15, -0.1) is 0 Å². The van der Waals surface area contributed by atoms with Gasteiger partial charge in [0, 0.05) is 19.2 Å². The number of benzene rings is 1. The molecule has 0 radical (unpaired) electrons. The molecular formula is C16H17ClN4O2. The van der Waals surface area contributed by atoms with Crippen molar-refractivity contribution in [3.63, 3.8) is 0 Å². The van der Waals surface area contributed by atoms with Gasteiger partial charge in [0.25, 0.3) is 0 Å². The molecule has 0 saturated carbocycles. The molecule has 0 fully saturated rings. The van der Waals surface area contributed by atoms with E-state index in [9.17, 15) is 9.59 Å². The first-order chi connectivity index (χ1) is 11.0. The highest BCUT2D eigenvalue weighted by molar-refractivity contribution is 6.34. The minimum atomic E-state index is -0.598. The second-order valence-corrected chi connectivity index (χ2v) is 5.41. The number of nitrogens with two attached hydrogens (primary N) is 2. The average molecular weight is 333 g/mol. The third-order valence-electron chi connectivity index (χ3n) is 3.30. The third-order valence-corrected chi connectivity index (χ3v) is 3.62. The standard InChI is InChI=1S/C16H17ClN4O2/c17-12-3-1-2-11(15(12)16(19)23)5-7-14(22)21-9-10-4-6-13(18)20-8-10/h1-4,6,8H,5,7,9H2,(H2,18,20)(H2,19,23)(H,21,22). The van der Waals surface area contributed by atoms with Crippen LogP contribution in [0, 0.1) is 0 Å². The van der Waals surface area contributed by atoms with Gasteiger partial charge in [0.05, 0.1) is 10.6 Å². The molecule has 2 rings (SSSR count). The van der Waals surface area contributed by atoms with Crippen molar-refractivity contribution in [2.45, 2.75) is 19.4 Å². The Balaban J connectivity index is 1.91. The number of anilines is 1. The Kier molecular flexibility index (Phi) is 5.54.